The van der Waals surface area contributed by atoms with Crippen LogP contribution < -0.4 is 5.32 Å². The summed E-state index contributed by atoms with van der Waals surface area (Å²) in [4.78, 5) is 13.0. The topological polar surface area (TPSA) is 149 Å². The van der Waals surface area contributed by atoms with Gasteiger partial charge in [0.05, 0.1) is 25.4 Å². The van der Waals surface area contributed by atoms with Crippen LogP contribution >= 0.6 is 0 Å². The van der Waals surface area contributed by atoms with Crippen molar-refractivity contribution in [2.24, 2.45) is 0 Å². The summed E-state index contributed by atoms with van der Waals surface area (Å²) in [6, 6.07) is -0.824. The van der Waals surface area contributed by atoms with E-state index in [2.05, 4.69) is 43.5 Å². The van der Waals surface area contributed by atoms with Crippen molar-refractivity contribution in [2.45, 2.75) is 262 Å². The number of aliphatic hydroxyl groups is 5. The average Bonchev–Trinajstić information content (AvgIpc) is 3.23. The molecule has 1 rings (SSSR count). The molecule has 1 amide bonds. The first-order valence-electron chi connectivity index (χ1n) is 24.7. The number of nitrogens with one attached hydrogen (secondary N) is 1. The predicted octanol–water partition coefficient (Wildman–Crippen LogP) is 10.8. The van der Waals surface area contributed by atoms with E-state index in [0.717, 1.165) is 44.9 Å². The summed E-state index contributed by atoms with van der Waals surface area (Å²) >= 11 is 0. The quantitative estimate of drug-likeness (QED) is 0.0263. The lowest BCUT2D eigenvalue weighted by Gasteiger charge is -2.40. The van der Waals surface area contributed by atoms with Crippen LogP contribution in [0.4, 0.5) is 0 Å². The Balaban J connectivity index is 2.36. The first kappa shape index (κ1) is 55.4. The van der Waals surface area contributed by atoms with Gasteiger partial charge in [0.2, 0.25) is 5.91 Å². The SMILES string of the molecule is CCCCCCCCCCCC/C=C/CC/C=C/CC/C=C/C(O)C(COC1OC(CO)C(O)C(O)C1O)NC(=O)CCCCCCCCCCCCCCCCCC. The maximum absolute atomic E-state index is 13.0. The number of hydrogen-bond donors (Lipinski definition) is 6. The van der Waals surface area contributed by atoms with Crippen molar-refractivity contribution in [3.05, 3.63) is 36.5 Å². The molecule has 1 aliphatic rings. The molecular formula is C50H93NO8. The molecule has 7 atom stereocenters. The Morgan fingerprint density at radius 2 is 0.966 bits per heavy atom. The zero-order valence-electron chi connectivity index (χ0n) is 38.0. The molecule has 1 fully saturated rings. The van der Waals surface area contributed by atoms with Crippen LogP contribution in [0.3, 0.4) is 0 Å². The first-order valence-corrected chi connectivity index (χ1v) is 24.7. The second-order valence-electron chi connectivity index (χ2n) is 17.2. The number of unbranched alkanes of at least 4 members (excludes halogenated alkanes) is 27. The van der Waals surface area contributed by atoms with Gasteiger partial charge < -0.3 is 40.3 Å². The average molecular weight is 836 g/mol. The van der Waals surface area contributed by atoms with Crippen LogP contribution in [0.1, 0.15) is 219 Å². The number of carbonyl (C=O) groups excluding carboxylic acids is 1. The van der Waals surface area contributed by atoms with Gasteiger partial charge in [-0.15, -0.1) is 0 Å². The van der Waals surface area contributed by atoms with Crippen LogP contribution in [0.25, 0.3) is 0 Å². The molecule has 0 aliphatic carbocycles. The van der Waals surface area contributed by atoms with Crippen molar-refractivity contribution in [3.63, 3.8) is 0 Å². The normalized spacial score (nSPS) is 21.0. The van der Waals surface area contributed by atoms with Gasteiger partial charge in [-0.2, -0.15) is 0 Å². The van der Waals surface area contributed by atoms with Crippen LogP contribution in [-0.4, -0.2) is 87.5 Å². The Morgan fingerprint density at radius 1 is 0.559 bits per heavy atom. The van der Waals surface area contributed by atoms with Gasteiger partial charge in [0.25, 0.3) is 0 Å². The molecule has 6 N–H and O–H groups in total. The number of ether oxygens (including phenoxy) is 2. The molecule has 0 bridgehead atoms. The minimum Gasteiger partial charge on any atom is -0.394 e. The molecule has 0 aromatic carbocycles. The summed E-state index contributed by atoms with van der Waals surface area (Å²) in [5.41, 5.74) is 0. The van der Waals surface area contributed by atoms with E-state index < -0.39 is 49.5 Å². The van der Waals surface area contributed by atoms with Gasteiger partial charge in [-0.3, -0.25) is 4.79 Å². The smallest absolute Gasteiger partial charge is 0.220 e. The maximum Gasteiger partial charge on any atom is 0.220 e. The van der Waals surface area contributed by atoms with E-state index in [-0.39, 0.29) is 12.5 Å². The molecule has 59 heavy (non-hydrogen) atoms. The lowest BCUT2D eigenvalue weighted by atomic mass is 9.99. The van der Waals surface area contributed by atoms with Crippen molar-refractivity contribution in [1.29, 1.82) is 0 Å². The molecular weight excluding hydrogens is 743 g/mol. The minimum absolute atomic E-state index is 0.189. The lowest BCUT2D eigenvalue weighted by Crippen LogP contribution is -2.60. The molecule has 0 spiro atoms. The Morgan fingerprint density at radius 3 is 1.42 bits per heavy atom. The zero-order valence-corrected chi connectivity index (χ0v) is 38.0. The standard InChI is InChI=1S/C50H93NO8/c1-3-5-7-9-11-13-15-17-19-21-22-23-24-25-27-29-31-33-35-37-39-44(53)43(42-58-50-49(57)48(56)47(55)45(41-52)59-50)51-46(54)40-38-36-34-32-30-28-26-20-18-16-14-12-10-8-6-4-2/h23-24,29,31,37,39,43-45,47-50,52-53,55-57H,3-22,25-28,30,32-36,38,40-42H2,1-2H3,(H,51,54)/b24-23+,31-29+,39-37+. The van der Waals surface area contributed by atoms with Crippen molar-refractivity contribution < 1.29 is 39.8 Å². The third-order valence-corrected chi connectivity index (χ3v) is 11.7. The highest BCUT2D eigenvalue weighted by molar-refractivity contribution is 5.76. The number of amides is 1. The van der Waals surface area contributed by atoms with Crippen LogP contribution in [0.2, 0.25) is 0 Å². The van der Waals surface area contributed by atoms with Crippen LogP contribution in [0, 0.1) is 0 Å². The number of carbonyl (C=O) groups is 1. The number of aliphatic hydroxyl groups excluding tert-OH is 5. The van der Waals surface area contributed by atoms with Gasteiger partial charge in [-0.1, -0.05) is 204 Å². The van der Waals surface area contributed by atoms with Crippen LogP contribution in [-0.2, 0) is 14.3 Å². The Kier molecular flexibility index (Phi) is 38.0. The van der Waals surface area contributed by atoms with Crippen molar-refractivity contribution in [2.75, 3.05) is 13.2 Å². The van der Waals surface area contributed by atoms with E-state index in [1.807, 2.05) is 6.08 Å². The Bertz CT molecular complexity index is 1020. The van der Waals surface area contributed by atoms with Crippen LogP contribution in [0.15, 0.2) is 36.5 Å². The third kappa shape index (κ3) is 31.0. The molecule has 1 aliphatic heterocycles. The molecule has 1 saturated heterocycles. The van der Waals surface area contributed by atoms with E-state index in [9.17, 15) is 30.3 Å². The van der Waals surface area contributed by atoms with E-state index >= 15 is 0 Å². The molecule has 9 heteroatoms. The molecule has 0 aromatic heterocycles. The van der Waals surface area contributed by atoms with Crippen LogP contribution in [0.5, 0.6) is 0 Å². The van der Waals surface area contributed by atoms with Gasteiger partial charge in [0.1, 0.15) is 24.4 Å². The summed E-state index contributed by atoms with van der Waals surface area (Å²) in [5.74, 6) is -0.189. The molecule has 346 valence electrons. The van der Waals surface area contributed by atoms with E-state index in [1.165, 1.54) is 154 Å². The Hall–Kier alpha value is -1.59. The highest BCUT2D eigenvalue weighted by atomic mass is 16.7. The van der Waals surface area contributed by atoms with Gasteiger partial charge >= 0.3 is 0 Å². The fourth-order valence-electron chi connectivity index (χ4n) is 7.72. The van der Waals surface area contributed by atoms with Crippen molar-refractivity contribution in [3.8, 4) is 0 Å². The number of hydrogen-bond acceptors (Lipinski definition) is 8. The molecule has 7 unspecified atom stereocenters. The predicted molar refractivity (Wildman–Crippen MR) is 244 cm³/mol. The third-order valence-electron chi connectivity index (χ3n) is 11.7. The summed E-state index contributed by atoms with van der Waals surface area (Å²) in [6.07, 6.45) is 43.3. The maximum atomic E-state index is 13.0. The van der Waals surface area contributed by atoms with Gasteiger partial charge in [-0.25, -0.2) is 0 Å². The lowest BCUT2D eigenvalue weighted by molar-refractivity contribution is -0.302. The van der Waals surface area contributed by atoms with E-state index in [1.54, 1.807) is 6.08 Å². The largest absolute Gasteiger partial charge is 0.394 e. The number of rotatable bonds is 41. The second kappa shape index (κ2) is 40.5. The first-order chi connectivity index (χ1) is 28.8. The molecule has 0 aromatic rings. The highest BCUT2D eigenvalue weighted by Gasteiger charge is 2.44. The molecule has 0 saturated carbocycles. The molecule has 9 nitrogen and oxygen atoms in total. The molecule has 1 heterocycles. The zero-order chi connectivity index (χ0) is 43.0. The minimum atomic E-state index is -1.57. The molecule has 0 radical (unpaired) electrons. The fourth-order valence-corrected chi connectivity index (χ4v) is 7.72. The van der Waals surface area contributed by atoms with Crippen molar-refractivity contribution in [1.82, 2.24) is 5.32 Å². The monoisotopic (exact) mass is 836 g/mol. The fraction of sp³-hybridized carbons (Fsp3) is 0.860. The van der Waals surface area contributed by atoms with E-state index in [4.69, 9.17) is 9.47 Å². The Labute approximate surface area is 361 Å². The summed E-state index contributed by atoms with van der Waals surface area (Å²) < 4.78 is 11.2. The van der Waals surface area contributed by atoms with Crippen molar-refractivity contribution >= 4 is 5.91 Å². The number of allylic oxidation sites excluding steroid dienone is 5. The van der Waals surface area contributed by atoms with E-state index in [0.29, 0.717) is 6.42 Å². The van der Waals surface area contributed by atoms with Gasteiger partial charge in [0, 0.05) is 6.42 Å². The summed E-state index contributed by atoms with van der Waals surface area (Å²) in [6.45, 7) is 3.76. The summed E-state index contributed by atoms with van der Waals surface area (Å²) in [7, 11) is 0. The highest BCUT2D eigenvalue weighted by Crippen LogP contribution is 2.23. The second-order valence-corrected chi connectivity index (χ2v) is 17.2. The van der Waals surface area contributed by atoms with Gasteiger partial charge in [0.15, 0.2) is 6.29 Å². The summed E-state index contributed by atoms with van der Waals surface area (Å²) in [5, 5.41) is 54.2. The van der Waals surface area contributed by atoms with Gasteiger partial charge in [-0.05, 0) is 44.9 Å².